The molecular weight excluding hydrogens is 428 g/mol. The SMILES string of the molecule is CCSc1sc(CC)c(C(=O)O)c1/C=N/NC(=O)c1cc(OC)c(OC)c(OC)c1. The second-order valence-electron chi connectivity index (χ2n) is 5.81. The van der Waals surface area contributed by atoms with Gasteiger partial charge in [-0.3, -0.25) is 4.79 Å². The summed E-state index contributed by atoms with van der Waals surface area (Å²) < 4.78 is 16.6. The van der Waals surface area contributed by atoms with Crippen molar-refractivity contribution in [3.63, 3.8) is 0 Å². The predicted octanol–water partition coefficient (Wildman–Crippen LogP) is 3.91. The van der Waals surface area contributed by atoms with E-state index in [1.165, 1.54) is 51.0 Å². The fourth-order valence-corrected chi connectivity index (χ4v) is 5.14. The molecule has 2 N–H and O–H groups in total. The Morgan fingerprint density at radius 2 is 1.80 bits per heavy atom. The molecule has 0 aliphatic rings. The van der Waals surface area contributed by atoms with Crippen molar-refractivity contribution in [3.8, 4) is 17.2 Å². The highest BCUT2D eigenvalue weighted by Crippen LogP contribution is 2.38. The molecule has 1 heterocycles. The monoisotopic (exact) mass is 452 g/mol. The normalized spacial score (nSPS) is 10.8. The van der Waals surface area contributed by atoms with Gasteiger partial charge in [-0.15, -0.1) is 23.1 Å². The average molecular weight is 453 g/mol. The molecule has 0 spiro atoms. The van der Waals surface area contributed by atoms with Crippen molar-refractivity contribution in [3.05, 3.63) is 33.7 Å². The van der Waals surface area contributed by atoms with Gasteiger partial charge in [-0.05, 0) is 24.3 Å². The predicted molar refractivity (Wildman–Crippen MR) is 118 cm³/mol. The van der Waals surface area contributed by atoms with Crippen molar-refractivity contribution in [1.29, 1.82) is 0 Å². The van der Waals surface area contributed by atoms with Crippen LogP contribution in [0, 0.1) is 0 Å². The summed E-state index contributed by atoms with van der Waals surface area (Å²) in [6.07, 6.45) is 1.99. The molecule has 0 atom stereocenters. The van der Waals surface area contributed by atoms with Crippen LogP contribution in [0.3, 0.4) is 0 Å². The van der Waals surface area contributed by atoms with Gasteiger partial charge < -0.3 is 19.3 Å². The second-order valence-corrected chi connectivity index (χ2v) is 8.44. The molecule has 0 unspecified atom stereocenters. The third kappa shape index (κ3) is 5.06. The minimum absolute atomic E-state index is 0.226. The number of ether oxygens (including phenoxy) is 3. The Balaban J connectivity index is 2.32. The minimum atomic E-state index is -1.01. The van der Waals surface area contributed by atoms with E-state index in [0.29, 0.717) is 29.2 Å². The molecule has 10 heteroatoms. The van der Waals surface area contributed by atoms with Crippen LogP contribution in [0.15, 0.2) is 21.4 Å². The maximum absolute atomic E-state index is 12.6. The lowest BCUT2D eigenvalue weighted by molar-refractivity contribution is 0.0696. The van der Waals surface area contributed by atoms with Crippen LogP contribution in [0.2, 0.25) is 0 Å². The third-order valence-corrected chi connectivity index (χ3v) is 6.60. The van der Waals surface area contributed by atoms with Crippen LogP contribution in [-0.4, -0.2) is 50.3 Å². The number of carboxylic acids is 1. The molecule has 0 radical (unpaired) electrons. The molecule has 8 nitrogen and oxygen atoms in total. The Labute approximate surface area is 183 Å². The molecule has 2 rings (SSSR count). The van der Waals surface area contributed by atoms with Gasteiger partial charge >= 0.3 is 5.97 Å². The standard InChI is InChI=1S/C20H24N2O6S2/c1-6-15-16(19(24)25)12(20(30-15)29-7-2)10-21-22-18(23)11-8-13(26-3)17(28-5)14(9-11)27-4/h8-10H,6-7H2,1-5H3,(H,22,23)(H,24,25)/b21-10+. The number of carbonyl (C=O) groups is 2. The van der Waals surface area contributed by atoms with Crippen LogP contribution in [-0.2, 0) is 6.42 Å². The number of aromatic carboxylic acids is 1. The van der Waals surface area contributed by atoms with Gasteiger partial charge in [-0.1, -0.05) is 13.8 Å². The molecule has 0 aliphatic heterocycles. The molecule has 0 aliphatic carbocycles. The molecule has 162 valence electrons. The Morgan fingerprint density at radius 3 is 2.27 bits per heavy atom. The van der Waals surface area contributed by atoms with Crippen LogP contribution >= 0.6 is 23.1 Å². The van der Waals surface area contributed by atoms with Gasteiger partial charge in [0.1, 0.15) is 0 Å². The number of thioether (sulfide) groups is 1. The first kappa shape index (κ1) is 23.6. The van der Waals surface area contributed by atoms with E-state index in [9.17, 15) is 14.7 Å². The number of hydrogen-bond donors (Lipinski definition) is 2. The zero-order valence-corrected chi connectivity index (χ0v) is 19.0. The highest BCUT2D eigenvalue weighted by atomic mass is 32.2. The topological polar surface area (TPSA) is 106 Å². The first-order valence-corrected chi connectivity index (χ1v) is 10.9. The van der Waals surface area contributed by atoms with Crippen molar-refractivity contribution < 1.29 is 28.9 Å². The number of rotatable bonds is 10. The molecule has 0 saturated carbocycles. The number of nitrogens with one attached hydrogen (secondary N) is 1. The molecule has 1 aromatic heterocycles. The van der Waals surface area contributed by atoms with Crippen LogP contribution in [0.4, 0.5) is 0 Å². The summed E-state index contributed by atoms with van der Waals surface area (Å²) in [5, 5.41) is 13.6. The van der Waals surface area contributed by atoms with Gasteiger partial charge in [0.05, 0.1) is 37.3 Å². The Kier molecular flexibility index (Phi) is 8.55. The average Bonchev–Trinajstić information content (AvgIpc) is 3.10. The summed E-state index contributed by atoms with van der Waals surface area (Å²) in [6, 6.07) is 3.01. The number of aryl methyl sites for hydroxylation is 1. The number of thiophene rings is 1. The van der Waals surface area contributed by atoms with E-state index in [-0.39, 0.29) is 11.1 Å². The van der Waals surface area contributed by atoms with E-state index in [0.717, 1.165) is 14.8 Å². The number of nitrogens with zero attached hydrogens (tertiary/aromatic N) is 1. The fraction of sp³-hybridized carbons (Fsp3) is 0.350. The number of amides is 1. The number of carbonyl (C=O) groups excluding carboxylic acids is 1. The van der Waals surface area contributed by atoms with Crippen molar-refractivity contribution in [1.82, 2.24) is 5.43 Å². The first-order chi connectivity index (χ1) is 14.4. The van der Waals surface area contributed by atoms with Gasteiger partial charge in [0.2, 0.25) is 5.75 Å². The van der Waals surface area contributed by atoms with Crippen LogP contribution < -0.4 is 19.6 Å². The Hall–Kier alpha value is -2.72. The number of hydrazone groups is 1. The maximum Gasteiger partial charge on any atom is 0.337 e. The quantitative estimate of drug-likeness (QED) is 0.320. The summed E-state index contributed by atoms with van der Waals surface area (Å²) in [4.78, 5) is 25.1. The van der Waals surface area contributed by atoms with Crippen molar-refractivity contribution in [2.45, 2.75) is 24.5 Å². The molecule has 0 saturated heterocycles. The summed E-state index contributed by atoms with van der Waals surface area (Å²) >= 11 is 2.98. The first-order valence-electron chi connectivity index (χ1n) is 9.06. The van der Waals surface area contributed by atoms with E-state index < -0.39 is 11.9 Å². The number of carboxylic acid groups (broad SMARTS) is 1. The molecule has 0 bridgehead atoms. The van der Waals surface area contributed by atoms with E-state index in [2.05, 4.69) is 10.5 Å². The molecule has 1 aromatic carbocycles. The van der Waals surface area contributed by atoms with E-state index in [1.807, 2.05) is 13.8 Å². The van der Waals surface area contributed by atoms with E-state index in [1.54, 1.807) is 11.8 Å². The van der Waals surface area contributed by atoms with Crippen molar-refractivity contribution in [2.75, 3.05) is 27.1 Å². The number of hydrogen-bond acceptors (Lipinski definition) is 8. The van der Waals surface area contributed by atoms with Crippen LogP contribution in [0.25, 0.3) is 0 Å². The molecule has 1 amide bonds. The molecular formula is C20H24N2O6S2. The van der Waals surface area contributed by atoms with Crippen molar-refractivity contribution in [2.24, 2.45) is 5.10 Å². The lowest BCUT2D eigenvalue weighted by Gasteiger charge is -2.13. The second kappa shape index (κ2) is 10.9. The summed E-state index contributed by atoms with van der Waals surface area (Å²) in [5.41, 5.74) is 3.41. The molecule has 2 aromatic rings. The zero-order chi connectivity index (χ0) is 22.3. The van der Waals surface area contributed by atoms with Crippen molar-refractivity contribution >= 4 is 41.2 Å². The van der Waals surface area contributed by atoms with Gasteiger partial charge in [0, 0.05) is 16.0 Å². The summed E-state index contributed by atoms with van der Waals surface area (Å²) in [5.74, 6) is 0.332. The van der Waals surface area contributed by atoms with E-state index in [4.69, 9.17) is 14.2 Å². The summed E-state index contributed by atoms with van der Waals surface area (Å²) in [6.45, 7) is 3.90. The summed E-state index contributed by atoms with van der Waals surface area (Å²) in [7, 11) is 4.39. The lowest BCUT2D eigenvalue weighted by atomic mass is 10.1. The lowest BCUT2D eigenvalue weighted by Crippen LogP contribution is -2.18. The minimum Gasteiger partial charge on any atom is -0.493 e. The highest BCUT2D eigenvalue weighted by molar-refractivity contribution is 8.01. The fourth-order valence-electron chi connectivity index (χ4n) is 2.74. The van der Waals surface area contributed by atoms with E-state index >= 15 is 0 Å². The van der Waals surface area contributed by atoms with Crippen LogP contribution in [0.5, 0.6) is 17.2 Å². The largest absolute Gasteiger partial charge is 0.493 e. The van der Waals surface area contributed by atoms with Gasteiger partial charge in [-0.2, -0.15) is 5.10 Å². The highest BCUT2D eigenvalue weighted by Gasteiger charge is 2.22. The van der Waals surface area contributed by atoms with Crippen LogP contribution in [0.1, 0.15) is 45.0 Å². The number of methoxy groups -OCH3 is 3. The Bertz CT molecular complexity index is 930. The maximum atomic E-state index is 12.6. The molecule has 0 fully saturated rings. The molecule has 30 heavy (non-hydrogen) atoms. The zero-order valence-electron chi connectivity index (χ0n) is 17.4. The van der Waals surface area contributed by atoms with Gasteiger partial charge in [-0.25, -0.2) is 10.2 Å². The third-order valence-electron chi connectivity index (χ3n) is 4.08. The smallest absolute Gasteiger partial charge is 0.337 e. The number of benzene rings is 1. The van der Waals surface area contributed by atoms with Gasteiger partial charge in [0.25, 0.3) is 5.91 Å². The van der Waals surface area contributed by atoms with Gasteiger partial charge in [0.15, 0.2) is 11.5 Å². The Morgan fingerprint density at radius 1 is 1.17 bits per heavy atom.